The van der Waals surface area contributed by atoms with Crippen LogP contribution >= 0.6 is 11.8 Å². The SMILES string of the molecule is Cc1cccc(OCCSCCCN2C(=O)c3ccccc3C2=O)c1. The molecule has 0 aliphatic carbocycles. The standard InChI is InChI=1S/C20H21NO3S/c1-15-6-4-7-16(14-15)24-11-13-25-12-5-10-21-19(22)17-8-2-3-9-18(17)20(21)23/h2-4,6-9,14H,5,10-13H2,1H3. The number of rotatable bonds is 8. The first-order valence-electron chi connectivity index (χ1n) is 8.39. The number of ether oxygens (including phenoxy) is 1. The summed E-state index contributed by atoms with van der Waals surface area (Å²) in [5.41, 5.74) is 2.23. The molecule has 5 heteroatoms. The monoisotopic (exact) mass is 355 g/mol. The second-order valence-electron chi connectivity index (χ2n) is 5.94. The van der Waals surface area contributed by atoms with Crippen LogP contribution in [0.3, 0.4) is 0 Å². The van der Waals surface area contributed by atoms with Gasteiger partial charge in [-0.05, 0) is 48.9 Å². The van der Waals surface area contributed by atoms with Gasteiger partial charge in [0.15, 0.2) is 0 Å². The zero-order valence-corrected chi connectivity index (χ0v) is 15.1. The van der Waals surface area contributed by atoms with E-state index in [0.717, 1.165) is 23.7 Å². The fourth-order valence-corrected chi connectivity index (χ4v) is 3.53. The van der Waals surface area contributed by atoms with Crippen LogP contribution < -0.4 is 4.74 Å². The lowest BCUT2D eigenvalue weighted by Gasteiger charge is -2.13. The van der Waals surface area contributed by atoms with Crippen LogP contribution in [0.4, 0.5) is 0 Å². The average molecular weight is 355 g/mol. The molecule has 0 atom stereocenters. The molecule has 0 saturated heterocycles. The number of hydrogen-bond acceptors (Lipinski definition) is 4. The van der Waals surface area contributed by atoms with E-state index in [4.69, 9.17) is 4.74 Å². The summed E-state index contributed by atoms with van der Waals surface area (Å²) < 4.78 is 5.70. The van der Waals surface area contributed by atoms with Crippen LogP contribution in [-0.2, 0) is 0 Å². The van der Waals surface area contributed by atoms with E-state index >= 15 is 0 Å². The van der Waals surface area contributed by atoms with Crippen LogP contribution in [-0.4, -0.2) is 41.4 Å². The van der Waals surface area contributed by atoms with Crippen molar-refractivity contribution in [3.8, 4) is 5.75 Å². The zero-order valence-electron chi connectivity index (χ0n) is 14.2. The Morgan fingerprint density at radius 2 is 1.68 bits per heavy atom. The van der Waals surface area contributed by atoms with E-state index < -0.39 is 0 Å². The van der Waals surface area contributed by atoms with Crippen LogP contribution in [0.2, 0.25) is 0 Å². The summed E-state index contributed by atoms with van der Waals surface area (Å²) in [6.45, 7) is 3.17. The lowest BCUT2D eigenvalue weighted by molar-refractivity contribution is 0.0655. The minimum absolute atomic E-state index is 0.173. The van der Waals surface area contributed by atoms with Crippen LogP contribution in [0.15, 0.2) is 48.5 Å². The highest BCUT2D eigenvalue weighted by molar-refractivity contribution is 7.99. The summed E-state index contributed by atoms with van der Waals surface area (Å²) in [5, 5.41) is 0. The predicted octanol–water partition coefficient (Wildman–Crippen LogP) is 3.79. The number of fused-ring (bicyclic) bond motifs is 1. The number of nitrogens with zero attached hydrogens (tertiary/aromatic N) is 1. The maximum absolute atomic E-state index is 12.2. The van der Waals surface area contributed by atoms with E-state index in [9.17, 15) is 9.59 Å². The van der Waals surface area contributed by atoms with E-state index in [-0.39, 0.29) is 11.8 Å². The Bertz CT molecular complexity index is 740. The van der Waals surface area contributed by atoms with Crippen molar-refractivity contribution in [3.05, 3.63) is 65.2 Å². The minimum Gasteiger partial charge on any atom is -0.493 e. The first kappa shape index (κ1) is 17.5. The van der Waals surface area contributed by atoms with E-state index in [1.54, 1.807) is 36.0 Å². The molecule has 0 aromatic heterocycles. The zero-order chi connectivity index (χ0) is 17.6. The van der Waals surface area contributed by atoms with Crippen LogP contribution in [0.25, 0.3) is 0 Å². The highest BCUT2D eigenvalue weighted by atomic mass is 32.2. The number of benzene rings is 2. The molecule has 3 rings (SSSR count). The van der Waals surface area contributed by atoms with Gasteiger partial charge >= 0.3 is 0 Å². The fraction of sp³-hybridized carbons (Fsp3) is 0.300. The molecule has 2 aromatic rings. The molecule has 130 valence electrons. The number of carbonyl (C=O) groups is 2. The van der Waals surface area contributed by atoms with Gasteiger partial charge in [0.1, 0.15) is 5.75 Å². The Hall–Kier alpha value is -2.27. The van der Waals surface area contributed by atoms with E-state index in [1.807, 2.05) is 31.2 Å². The van der Waals surface area contributed by atoms with Crippen LogP contribution in [0.1, 0.15) is 32.7 Å². The molecule has 0 saturated carbocycles. The van der Waals surface area contributed by atoms with E-state index in [0.29, 0.717) is 24.3 Å². The molecule has 1 aliphatic rings. The minimum atomic E-state index is -0.173. The predicted molar refractivity (Wildman–Crippen MR) is 100 cm³/mol. The van der Waals surface area contributed by atoms with Gasteiger partial charge < -0.3 is 4.74 Å². The molecule has 0 unspecified atom stereocenters. The maximum Gasteiger partial charge on any atom is 0.261 e. The molecule has 0 fully saturated rings. The van der Waals surface area contributed by atoms with E-state index in [2.05, 4.69) is 0 Å². The highest BCUT2D eigenvalue weighted by Gasteiger charge is 2.34. The van der Waals surface area contributed by atoms with E-state index in [1.165, 1.54) is 10.5 Å². The number of imide groups is 1. The Morgan fingerprint density at radius 1 is 0.960 bits per heavy atom. The molecule has 0 N–H and O–H groups in total. The molecule has 4 nitrogen and oxygen atoms in total. The Balaban J connectivity index is 1.34. The van der Waals surface area contributed by atoms with Crippen molar-refractivity contribution in [2.24, 2.45) is 0 Å². The van der Waals surface area contributed by atoms with Crippen molar-refractivity contribution in [2.75, 3.05) is 24.7 Å². The number of hydrogen-bond donors (Lipinski definition) is 0. The maximum atomic E-state index is 12.2. The fourth-order valence-electron chi connectivity index (χ4n) is 2.79. The molecule has 1 heterocycles. The van der Waals surface area contributed by atoms with Crippen molar-refractivity contribution in [2.45, 2.75) is 13.3 Å². The van der Waals surface area contributed by atoms with Gasteiger partial charge in [0, 0.05) is 12.3 Å². The third kappa shape index (κ3) is 4.23. The van der Waals surface area contributed by atoms with Crippen molar-refractivity contribution in [1.29, 1.82) is 0 Å². The first-order chi connectivity index (χ1) is 12.2. The summed E-state index contributed by atoms with van der Waals surface area (Å²) in [6, 6.07) is 15.0. The third-order valence-corrected chi connectivity index (χ3v) is 5.07. The van der Waals surface area contributed by atoms with Crippen LogP contribution in [0.5, 0.6) is 5.75 Å². The molecule has 2 amide bonds. The molecule has 25 heavy (non-hydrogen) atoms. The lowest BCUT2D eigenvalue weighted by atomic mass is 10.1. The number of thioether (sulfide) groups is 1. The van der Waals surface area contributed by atoms with Crippen LogP contribution in [0, 0.1) is 6.92 Å². The summed E-state index contributed by atoms with van der Waals surface area (Å²) in [6.07, 6.45) is 0.792. The normalized spacial score (nSPS) is 13.2. The lowest BCUT2D eigenvalue weighted by Crippen LogP contribution is -2.31. The number of carbonyl (C=O) groups excluding carboxylic acids is 2. The van der Waals surface area contributed by atoms with Crippen molar-refractivity contribution >= 4 is 23.6 Å². The summed E-state index contributed by atoms with van der Waals surface area (Å²) in [7, 11) is 0. The average Bonchev–Trinajstić information content (AvgIpc) is 2.86. The second kappa shape index (κ2) is 8.21. The highest BCUT2D eigenvalue weighted by Crippen LogP contribution is 2.22. The van der Waals surface area contributed by atoms with Crippen molar-refractivity contribution < 1.29 is 14.3 Å². The third-order valence-electron chi connectivity index (χ3n) is 4.03. The topological polar surface area (TPSA) is 46.6 Å². The van der Waals surface area contributed by atoms with Gasteiger partial charge in [0.25, 0.3) is 11.8 Å². The molecule has 1 aliphatic heterocycles. The Labute approximate surface area is 152 Å². The molecule has 0 spiro atoms. The molecule has 0 radical (unpaired) electrons. The largest absolute Gasteiger partial charge is 0.493 e. The van der Waals surface area contributed by atoms with Gasteiger partial charge in [-0.15, -0.1) is 0 Å². The molecule has 0 bridgehead atoms. The number of amides is 2. The molecular formula is C20H21NO3S. The van der Waals surface area contributed by atoms with Crippen molar-refractivity contribution in [1.82, 2.24) is 4.90 Å². The number of aryl methyl sites for hydroxylation is 1. The second-order valence-corrected chi connectivity index (χ2v) is 7.16. The van der Waals surface area contributed by atoms with Gasteiger partial charge in [0.05, 0.1) is 17.7 Å². The van der Waals surface area contributed by atoms with Gasteiger partial charge in [-0.2, -0.15) is 11.8 Å². The van der Waals surface area contributed by atoms with Gasteiger partial charge in [-0.1, -0.05) is 24.3 Å². The first-order valence-corrected chi connectivity index (χ1v) is 9.55. The van der Waals surface area contributed by atoms with Gasteiger partial charge in [0.2, 0.25) is 0 Å². The van der Waals surface area contributed by atoms with Gasteiger partial charge in [-0.3, -0.25) is 14.5 Å². The summed E-state index contributed by atoms with van der Waals surface area (Å²) in [5.74, 6) is 2.33. The summed E-state index contributed by atoms with van der Waals surface area (Å²) in [4.78, 5) is 25.8. The Kier molecular flexibility index (Phi) is 5.76. The molecule has 2 aromatic carbocycles. The smallest absolute Gasteiger partial charge is 0.261 e. The molecular weight excluding hydrogens is 334 g/mol. The van der Waals surface area contributed by atoms with Crippen molar-refractivity contribution in [3.63, 3.8) is 0 Å². The quantitative estimate of drug-likeness (QED) is 0.534. The van der Waals surface area contributed by atoms with Gasteiger partial charge in [-0.25, -0.2) is 0 Å². The Morgan fingerprint density at radius 3 is 2.36 bits per heavy atom. The summed E-state index contributed by atoms with van der Waals surface area (Å²) >= 11 is 1.77.